The standard InChI is InChI=1S/C21H23FN2O3/c22-16-7-5-14(6-8-16)15-9-11-23(12-10-15)19(25)13-24-20(26)17-3-1-2-4-18(17)21(24)27/h5-9,17-18H,1-4,10-13H2. The average Bonchev–Trinajstić information content (AvgIpc) is 2.94. The third kappa shape index (κ3) is 3.40. The van der Waals surface area contributed by atoms with Gasteiger partial charge in [0.1, 0.15) is 12.4 Å². The lowest BCUT2D eigenvalue weighted by atomic mass is 9.81. The summed E-state index contributed by atoms with van der Waals surface area (Å²) in [6.07, 6.45) is 6.10. The van der Waals surface area contributed by atoms with Gasteiger partial charge in [0.2, 0.25) is 17.7 Å². The fourth-order valence-corrected chi connectivity index (χ4v) is 4.44. The van der Waals surface area contributed by atoms with Gasteiger partial charge in [-0.1, -0.05) is 31.1 Å². The summed E-state index contributed by atoms with van der Waals surface area (Å²) in [5, 5.41) is 0. The summed E-state index contributed by atoms with van der Waals surface area (Å²) in [7, 11) is 0. The summed E-state index contributed by atoms with van der Waals surface area (Å²) >= 11 is 0. The zero-order valence-corrected chi connectivity index (χ0v) is 15.2. The molecule has 2 atom stereocenters. The van der Waals surface area contributed by atoms with E-state index >= 15 is 0 Å². The minimum atomic E-state index is -0.271. The molecule has 142 valence electrons. The molecule has 2 unspecified atom stereocenters. The van der Waals surface area contributed by atoms with Crippen molar-refractivity contribution in [2.24, 2.45) is 11.8 Å². The van der Waals surface area contributed by atoms with Crippen molar-refractivity contribution in [2.45, 2.75) is 32.1 Å². The van der Waals surface area contributed by atoms with Gasteiger partial charge in [-0.05, 0) is 42.5 Å². The van der Waals surface area contributed by atoms with E-state index in [1.54, 1.807) is 17.0 Å². The number of fused-ring (bicyclic) bond motifs is 1. The number of carbonyl (C=O) groups is 3. The van der Waals surface area contributed by atoms with Crippen molar-refractivity contribution in [1.29, 1.82) is 0 Å². The zero-order chi connectivity index (χ0) is 19.0. The van der Waals surface area contributed by atoms with Gasteiger partial charge >= 0.3 is 0 Å². The van der Waals surface area contributed by atoms with Crippen LogP contribution in [-0.4, -0.2) is 47.2 Å². The van der Waals surface area contributed by atoms with Crippen molar-refractivity contribution in [2.75, 3.05) is 19.6 Å². The molecule has 1 saturated heterocycles. The van der Waals surface area contributed by atoms with E-state index < -0.39 is 0 Å². The number of benzene rings is 1. The molecule has 0 aromatic heterocycles. The van der Waals surface area contributed by atoms with Crippen LogP contribution in [0.4, 0.5) is 4.39 Å². The molecule has 5 nitrogen and oxygen atoms in total. The first-order chi connectivity index (χ1) is 13.0. The summed E-state index contributed by atoms with van der Waals surface area (Å²) in [5.41, 5.74) is 2.04. The topological polar surface area (TPSA) is 57.7 Å². The molecule has 1 aromatic rings. The largest absolute Gasteiger partial charge is 0.337 e. The van der Waals surface area contributed by atoms with Crippen molar-refractivity contribution < 1.29 is 18.8 Å². The Morgan fingerprint density at radius 3 is 2.22 bits per heavy atom. The molecule has 2 heterocycles. The Bertz CT molecular complexity index is 778. The molecule has 0 radical (unpaired) electrons. The fourth-order valence-electron chi connectivity index (χ4n) is 4.44. The SMILES string of the molecule is O=C(CN1C(=O)C2CCCCC2C1=O)N1CC=C(c2ccc(F)cc2)CC1. The number of carbonyl (C=O) groups excluding carboxylic acids is 3. The van der Waals surface area contributed by atoms with E-state index in [-0.39, 0.29) is 41.9 Å². The predicted octanol–water partition coefficient (Wildman–Crippen LogP) is 2.62. The first-order valence-electron chi connectivity index (χ1n) is 9.62. The van der Waals surface area contributed by atoms with Gasteiger partial charge in [0.05, 0.1) is 11.8 Å². The van der Waals surface area contributed by atoms with Crippen molar-refractivity contribution in [3.8, 4) is 0 Å². The van der Waals surface area contributed by atoms with Crippen LogP contribution < -0.4 is 0 Å². The lowest BCUT2D eigenvalue weighted by molar-refractivity contribution is -0.146. The number of amides is 3. The highest BCUT2D eigenvalue weighted by Crippen LogP contribution is 2.38. The predicted molar refractivity (Wildman–Crippen MR) is 97.7 cm³/mol. The summed E-state index contributed by atoms with van der Waals surface area (Å²) in [6.45, 7) is 0.824. The molecule has 3 amide bonds. The Kier molecular flexibility index (Phi) is 4.81. The molecule has 0 bridgehead atoms. The Labute approximate surface area is 157 Å². The number of halogens is 1. The molecule has 1 saturated carbocycles. The number of rotatable bonds is 3. The molecule has 0 spiro atoms. The molecule has 27 heavy (non-hydrogen) atoms. The summed E-state index contributed by atoms with van der Waals surface area (Å²) in [5.74, 6) is -1.23. The van der Waals surface area contributed by atoms with Gasteiger partial charge in [0.15, 0.2) is 0 Å². The monoisotopic (exact) mass is 370 g/mol. The molecule has 2 aliphatic heterocycles. The van der Waals surface area contributed by atoms with Gasteiger partial charge in [0.25, 0.3) is 0 Å². The van der Waals surface area contributed by atoms with Crippen LogP contribution in [0.2, 0.25) is 0 Å². The van der Waals surface area contributed by atoms with Gasteiger partial charge < -0.3 is 4.90 Å². The smallest absolute Gasteiger partial charge is 0.243 e. The lowest BCUT2D eigenvalue weighted by Gasteiger charge is -2.28. The van der Waals surface area contributed by atoms with Crippen LogP contribution >= 0.6 is 0 Å². The highest BCUT2D eigenvalue weighted by atomic mass is 19.1. The number of hydrogen-bond donors (Lipinski definition) is 0. The molecule has 1 aromatic carbocycles. The molecule has 3 aliphatic rings. The van der Waals surface area contributed by atoms with Crippen LogP contribution in [0.1, 0.15) is 37.7 Å². The second-order valence-corrected chi connectivity index (χ2v) is 7.59. The van der Waals surface area contributed by atoms with E-state index in [4.69, 9.17) is 0 Å². The molecular formula is C21H23FN2O3. The lowest BCUT2D eigenvalue weighted by Crippen LogP contribution is -2.44. The average molecular weight is 370 g/mol. The quantitative estimate of drug-likeness (QED) is 0.769. The molecule has 2 fully saturated rings. The van der Waals surface area contributed by atoms with E-state index in [1.165, 1.54) is 17.0 Å². The highest BCUT2D eigenvalue weighted by molar-refractivity contribution is 6.07. The highest BCUT2D eigenvalue weighted by Gasteiger charge is 2.48. The number of likely N-dealkylation sites (tertiary alicyclic amines) is 1. The minimum Gasteiger partial charge on any atom is -0.337 e. The van der Waals surface area contributed by atoms with E-state index in [9.17, 15) is 18.8 Å². The van der Waals surface area contributed by atoms with Crippen molar-refractivity contribution in [1.82, 2.24) is 9.80 Å². The van der Waals surface area contributed by atoms with Gasteiger partial charge in [-0.3, -0.25) is 19.3 Å². The first-order valence-corrected chi connectivity index (χ1v) is 9.62. The van der Waals surface area contributed by atoms with Crippen LogP contribution in [0.5, 0.6) is 0 Å². The summed E-state index contributed by atoms with van der Waals surface area (Å²) in [6, 6.07) is 6.33. The summed E-state index contributed by atoms with van der Waals surface area (Å²) < 4.78 is 13.1. The maximum absolute atomic E-state index is 13.1. The molecule has 6 heteroatoms. The maximum Gasteiger partial charge on any atom is 0.243 e. The van der Waals surface area contributed by atoms with E-state index in [2.05, 4.69) is 0 Å². The number of imide groups is 1. The van der Waals surface area contributed by atoms with Crippen molar-refractivity contribution in [3.63, 3.8) is 0 Å². The van der Waals surface area contributed by atoms with Gasteiger partial charge in [-0.25, -0.2) is 4.39 Å². The van der Waals surface area contributed by atoms with Crippen molar-refractivity contribution >= 4 is 23.3 Å². The second kappa shape index (κ2) is 7.25. The Morgan fingerprint density at radius 1 is 1.04 bits per heavy atom. The van der Waals surface area contributed by atoms with Gasteiger partial charge in [0, 0.05) is 13.1 Å². The first kappa shape index (κ1) is 17.9. The van der Waals surface area contributed by atoms with Gasteiger partial charge in [-0.2, -0.15) is 0 Å². The fraction of sp³-hybridized carbons (Fsp3) is 0.476. The van der Waals surface area contributed by atoms with E-state index in [0.29, 0.717) is 19.5 Å². The Hall–Kier alpha value is -2.50. The van der Waals surface area contributed by atoms with E-state index in [0.717, 1.165) is 36.8 Å². The minimum absolute atomic E-state index is 0.148. The van der Waals surface area contributed by atoms with Crippen molar-refractivity contribution in [3.05, 3.63) is 41.7 Å². The third-order valence-corrected chi connectivity index (χ3v) is 6.00. The Balaban J connectivity index is 1.39. The van der Waals surface area contributed by atoms with Gasteiger partial charge in [-0.15, -0.1) is 0 Å². The van der Waals surface area contributed by atoms with E-state index in [1.807, 2.05) is 6.08 Å². The second-order valence-electron chi connectivity index (χ2n) is 7.59. The maximum atomic E-state index is 13.1. The number of hydrogen-bond acceptors (Lipinski definition) is 3. The number of nitrogens with zero attached hydrogens (tertiary/aromatic N) is 2. The Morgan fingerprint density at radius 2 is 1.67 bits per heavy atom. The third-order valence-electron chi connectivity index (χ3n) is 6.00. The van der Waals surface area contributed by atoms with Crippen LogP contribution in [0.15, 0.2) is 30.3 Å². The van der Waals surface area contributed by atoms with Crippen LogP contribution in [0.3, 0.4) is 0 Å². The van der Waals surface area contributed by atoms with Crippen LogP contribution in [0, 0.1) is 17.7 Å². The molecular weight excluding hydrogens is 347 g/mol. The molecule has 1 aliphatic carbocycles. The zero-order valence-electron chi connectivity index (χ0n) is 15.2. The molecule has 0 N–H and O–H groups in total. The normalized spacial score (nSPS) is 25.4. The van der Waals surface area contributed by atoms with Crippen LogP contribution in [0.25, 0.3) is 5.57 Å². The van der Waals surface area contributed by atoms with Crippen LogP contribution in [-0.2, 0) is 14.4 Å². The molecule has 4 rings (SSSR count). The summed E-state index contributed by atoms with van der Waals surface area (Å²) in [4.78, 5) is 40.5.